The van der Waals surface area contributed by atoms with Crippen LogP contribution in [0.4, 0.5) is 5.69 Å². The summed E-state index contributed by atoms with van der Waals surface area (Å²) in [5, 5.41) is 2.75. The molecule has 0 aliphatic heterocycles. The molecule has 1 N–H and O–H groups in total. The fraction of sp³-hybridized carbons (Fsp3) is 0.238. The Morgan fingerprint density at radius 3 is 2.19 bits per heavy atom. The van der Waals surface area contributed by atoms with Gasteiger partial charge in [-0.25, -0.2) is 9.36 Å². The van der Waals surface area contributed by atoms with Crippen molar-refractivity contribution in [2.75, 3.05) is 5.32 Å². The van der Waals surface area contributed by atoms with Gasteiger partial charge in [-0.3, -0.25) is 9.59 Å². The number of nitrogens with one attached hydrogen (secondary N) is 1. The number of hydrogen-bond acceptors (Lipinski definition) is 2. The van der Waals surface area contributed by atoms with Gasteiger partial charge in [0.1, 0.15) is 5.69 Å². The van der Waals surface area contributed by atoms with Crippen molar-refractivity contribution in [2.45, 2.75) is 33.2 Å². The van der Waals surface area contributed by atoms with E-state index in [4.69, 9.17) is 0 Å². The van der Waals surface area contributed by atoms with Gasteiger partial charge in [0.25, 0.3) is 5.56 Å². The highest BCUT2D eigenvalue weighted by Crippen LogP contribution is 2.29. The van der Waals surface area contributed by atoms with E-state index in [2.05, 4.69) is 12.2 Å². The van der Waals surface area contributed by atoms with E-state index in [9.17, 15) is 9.59 Å². The average Bonchev–Trinajstić information content (AvgIpc) is 2.93. The second kappa shape index (κ2) is 7.87. The summed E-state index contributed by atoms with van der Waals surface area (Å²) < 4.78 is 3.63. The Hall–Kier alpha value is -3.08. The van der Waals surface area contributed by atoms with E-state index < -0.39 is 0 Å². The molecule has 0 fully saturated rings. The summed E-state index contributed by atoms with van der Waals surface area (Å²) in [6, 6.07) is 19.4. The van der Waals surface area contributed by atoms with Crippen LogP contribution >= 0.6 is 0 Å². The van der Waals surface area contributed by atoms with Crippen molar-refractivity contribution in [1.29, 1.82) is 0 Å². The summed E-state index contributed by atoms with van der Waals surface area (Å²) in [5.41, 5.74) is 2.61. The van der Waals surface area contributed by atoms with Crippen LogP contribution in [0.15, 0.2) is 65.5 Å². The quantitative estimate of drug-likeness (QED) is 0.729. The summed E-state index contributed by atoms with van der Waals surface area (Å²) in [6.45, 7) is 4.10. The molecule has 1 amide bonds. The molecule has 0 spiro atoms. The molecule has 26 heavy (non-hydrogen) atoms. The molecule has 0 saturated heterocycles. The Balaban J connectivity index is 2.34. The summed E-state index contributed by atoms with van der Waals surface area (Å²) in [6.07, 6.45) is 1.85. The third-order valence-corrected chi connectivity index (χ3v) is 4.21. The van der Waals surface area contributed by atoms with E-state index in [0.717, 1.165) is 24.1 Å². The molecule has 0 atom stereocenters. The molecule has 0 bridgehead atoms. The molecule has 0 unspecified atom stereocenters. The Morgan fingerprint density at radius 2 is 1.62 bits per heavy atom. The minimum atomic E-state index is -0.257. The van der Waals surface area contributed by atoms with Crippen LogP contribution in [0.3, 0.4) is 0 Å². The summed E-state index contributed by atoms with van der Waals surface area (Å²) >= 11 is 0. The largest absolute Gasteiger partial charge is 0.320 e. The highest BCUT2D eigenvalue weighted by Gasteiger charge is 2.22. The van der Waals surface area contributed by atoms with Crippen LogP contribution < -0.4 is 10.9 Å². The van der Waals surface area contributed by atoms with Crippen molar-refractivity contribution in [3.8, 4) is 16.9 Å². The predicted molar refractivity (Wildman–Crippen MR) is 105 cm³/mol. The zero-order valence-electron chi connectivity index (χ0n) is 15.1. The number of hydrogen-bond donors (Lipinski definition) is 1. The van der Waals surface area contributed by atoms with Gasteiger partial charge in [0.2, 0.25) is 5.91 Å². The first-order chi connectivity index (χ1) is 12.6. The van der Waals surface area contributed by atoms with E-state index in [1.807, 2.05) is 65.3 Å². The number of anilines is 1. The number of rotatable bonds is 6. The fourth-order valence-electron chi connectivity index (χ4n) is 3.05. The second-order valence-corrected chi connectivity index (χ2v) is 6.20. The van der Waals surface area contributed by atoms with E-state index >= 15 is 0 Å². The van der Waals surface area contributed by atoms with Gasteiger partial charge in [-0.05, 0) is 18.6 Å². The number of carbonyl (C=O) groups excluding carboxylic acids is 1. The van der Waals surface area contributed by atoms with Crippen LogP contribution in [-0.4, -0.2) is 15.3 Å². The Labute approximate surface area is 152 Å². The van der Waals surface area contributed by atoms with Gasteiger partial charge >= 0.3 is 0 Å². The number of benzene rings is 2. The molecule has 3 aromatic rings. The van der Waals surface area contributed by atoms with E-state index in [-0.39, 0.29) is 11.5 Å². The van der Waals surface area contributed by atoms with Crippen LogP contribution in [-0.2, 0) is 11.3 Å². The van der Waals surface area contributed by atoms with Gasteiger partial charge < -0.3 is 5.32 Å². The van der Waals surface area contributed by atoms with Crippen LogP contribution in [0, 0.1) is 0 Å². The van der Waals surface area contributed by atoms with Crippen molar-refractivity contribution in [3.63, 3.8) is 0 Å². The van der Waals surface area contributed by atoms with Gasteiger partial charge in [-0.15, -0.1) is 0 Å². The fourth-order valence-corrected chi connectivity index (χ4v) is 3.05. The Bertz CT molecular complexity index is 941. The number of aromatic nitrogens is 2. The molecule has 1 heterocycles. The lowest BCUT2D eigenvalue weighted by Crippen LogP contribution is -2.24. The lowest BCUT2D eigenvalue weighted by Gasteiger charge is -2.15. The molecule has 0 saturated carbocycles. The zero-order chi connectivity index (χ0) is 18.5. The Morgan fingerprint density at radius 1 is 1.00 bits per heavy atom. The molecule has 2 aromatic carbocycles. The smallest absolute Gasteiger partial charge is 0.291 e. The maximum atomic E-state index is 13.1. The molecule has 5 nitrogen and oxygen atoms in total. The van der Waals surface area contributed by atoms with Gasteiger partial charge in [-0.2, -0.15) is 0 Å². The molecule has 0 aliphatic rings. The highest BCUT2D eigenvalue weighted by molar-refractivity contribution is 5.93. The molecular weight excluding hydrogens is 326 g/mol. The molecule has 134 valence electrons. The van der Waals surface area contributed by atoms with Crippen molar-refractivity contribution >= 4 is 11.6 Å². The normalized spacial score (nSPS) is 10.7. The first-order valence-corrected chi connectivity index (χ1v) is 8.87. The zero-order valence-corrected chi connectivity index (χ0v) is 15.1. The standard InChI is InChI=1S/C21H23N3O2/c1-3-4-15-23-21(26)19(22-16(2)25)20(17-11-7-5-8-12-17)24(23)18-13-9-6-10-14-18/h5-14H,3-4,15H2,1-2H3,(H,22,25). The Kier molecular flexibility index (Phi) is 5.37. The summed E-state index contributed by atoms with van der Waals surface area (Å²) in [5.74, 6) is -0.257. The molecule has 1 aromatic heterocycles. The van der Waals surface area contributed by atoms with E-state index in [1.54, 1.807) is 4.68 Å². The molecular formula is C21H23N3O2. The van der Waals surface area contributed by atoms with Gasteiger partial charge in [0.15, 0.2) is 0 Å². The molecule has 5 heteroatoms. The third kappa shape index (κ3) is 3.47. The lowest BCUT2D eigenvalue weighted by atomic mass is 10.1. The van der Waals surface area contributed by atoms with Crippen LogP contribution in [0.5, 0.6) is 0 Å². The van der Waals surface area contributed by atoms with Crippen molar-refractivity contribution in [3.05, 3.63) is 71.0 Å². The van der Waals surface area contributed by atoms with Crippen LogP contribution in [0.1, 0.15) is 26.7 Å². The number of carbonyl (C=O) groups is 1. The first-order valence-electron chi connectivity index (χ1n) is 8.87. The maximum Gasteiger partial charge on any atom is 0.291 e. The minimum absolute atomic E-state index is 0.184. The number of amides is 1. The monoisotopic (exact) mass is 349 g/mol. The SMILES string of the molecule is CCCCn1c(=O)c(NC(C)=O)c(-c2ccccc2)n1-c1ccccc1. The van der Waals surface area contributed by atoms with Gasteiger partial charge in [-0.1, -0.05) is 61.9 Å². The average molecular weight is 349 g/mol. The molecule has 3 rings (SSSR count). The lowest BCUT2D eigenvalue weighted by molar-refractivity contribution is -0.114. The first kappa shape index (κ1) is 17.7. The second-order valence-electron chi connectivity index (χ2n) is 6.20. The van der Waals surface area contributed by atoms with Crippen molar-refractivity contribution < 1.29 is 4.79 Å². The maximum absolute atomic E-state index is 13.1. The number of para-hydroxylation sites is 1. The number of unbranched alkanes of at least 4 members (excludes halogenated alkanes) is 1. The number of nitrogens with zero attached hydrogens (tertiary/aromatic N) is 2. The predicted octanol–water partition coefficient (Wildman–Crippen LogP) is 4.06. The minimum Gasteiger partial charge on any atom is -0.320 e. The van der Waals surface area contributed by atoms with E-state index in [1.165, 1.54) is 6.92 Å². The van der Waals surface area contributed by atoms with E-state index in [0.29, 0.717) is 17.9 Å². The van der Waals surface area contributed by atoms with Crippen molar-refractivity contribution in [1.82, 2.24) is 9.36 Å². The third-order valence-electron chi connectivity index (χ3n) is 4.21. The van der Waals surface area contributed by atoms with Gasteiger partial charge in [0, 0.05) is 19.0 Å². The summed E-state index contributed by atoms with van der Waals surface area (Å²) in [4.78, 5) is 24.9. The van der Waals surface area contributed by atoms with Crippen LogP contribution in [0.25, 0.3) is 16.9 Å². The van der Waals surface area contributed by atoms with Crippen molar-refractivity contribution in [2.24, 2.45) is 0 Å². The highest BCUT2D eigenvalue weighted by atomic mass is 16.2. The van der Waals surface area contributed by atoms with Crippen LogP contribution in [0.2, 0.25) is 0 Å². The molecule has 0 radical (unpaired) electrons. The summed E-state index contributed by atoms with van der Waals surface area (Å²) in [7, 11) is 0. The topological polar surface area (TPSA) is 56.0 Å². The molecule has 0 aliphatic carbocycles. The van der Waals surface area contributed by atoms with Gasteiger partial charge in [0.05, 0.1) is 11.4 Å².